The quantitative estimate of drug-likeness (QED) is 0.830. The monoisotopic (exact) mass is 373 g/mol. The van der Waals surface area contributed by atoms with E-state index in [2.05, 4.69) is 10.3 Å². The van der Waals surface area contributed by atoms with Crippen molar-refractivity contribution < 1.29 is 19.1 Å². The number of carbonyl (C=O) groups excluding carboxylic acids is 3. The zero-order chi connectivity index (χ0) is 19.7. The highest BCUT2D eigenvalue weighted by atomic mass is 16.5. The van der Waals surface area contributed by atoms with E-state index in [1.54, 1.807) is 30.1 Å². The summed E-state index contributed by atoms with van der Waals surface area (Å²) in [4.78, 5) is 46.1. The fraction of sp³-hybridized carbons (Fsp3) is 0.444. The number of rotatable bonds is 5. The summed E-state index contributed by atoms with van der Waals surface area (Å²) in [6, 6.07) is 5.37. The third kappa shape index (κ3) is 3.09. The lowest BCUT2D eigenvalue weighted by Crippen LogP contribution is -2.65. The third-order valence-electron chi connectivity index (χ3n) is 4.94. The van der Waals surface area contributed by atoms with E-state index in [1.165, 1.54) is 25.4 Å². The molecule has 0 bridgehead atoms. The molecule has 9 nitrogen and oxygen atoms in total. The number of carbonyl (C=O) groups is 3. The highest BCUT2D eigenvalue weighted by Gasteiger charge is 2.50. The molecule has 0 aliphatic carbocycles. The van der Waals surface area contributed by atoms with Gasteiger partial charge in [0.2, 0.25) is 5.91 Å². The molecule has 144 valence electrons. The maximum Gasteiger partial charge on any atom is 0.328 e. The van der Waals surface area contributed by atoms with Gasteiger partial charge in [-0.1, -0.05) is 19.1 Å². The first kappa shape index (κ1) is 18.7. The van der Waals surface area contributed by atoms with Crippen molar-refractivity contribution in [3.8, 4) is 5.75 Å². The molecule has 0 spiro atoms. The number of aliphatic imine (C=N–C) groups is 1. The van der Waals surface area contributed by atoms with Gasteiger partial charge >= 0.3 is 6.03 Å². The van der Waals surface area contributed by atoms with Crippen molar-refractivity contribution in [2.24, 2.45) is 4.99 Å². The van der Waals surface area contributed by atoms with Crippen molar-refractivity contribution in [3.05, 3.63) is 24.3 Å². The second kappa shape index (κ2) is 7.26. The minimum absolute atomic E-state index is 0.274. The standard InChI is InChI=1S/C18H23N5O4/c1-5-12(16(24)20-11-8-6-7-9-13(11)27-4)23-10-19-15-14(23)17(25)22(3)18(26)21(15)2/h6-10,12,14-15H,5H2,1-4H3,(H,20,24). The van der Waals surface area contributed by atoms with Crippen molar-refractivity contribution >= 4 is 29.9 Å². The van der Waals surface area contributed by atoms with Crippen LogP contribution in [0.1, 0.15) is 13.3 Å². The van der Waals surface area contributed by atoms with Crippen LogP contribution in [0.4, 0.5) is 10.5 Å². The maximum absolute atomic E-state index is 12.9. The zero-order valence-electron chi connectivity index (χ0n) is 15.7. The van der Waals surface area contributed by atoms with E-state index >= 15 is 0 Å². The molecule has 3 rings (SSSR count). The van der Waals surface area contributed by atoms with Gasteiger partial charge in [-0.25, -0.2) is 9.79 Å². The Morgan fingerprint density at radius 2 is 2.00 bits per heavy atom. The Morgan fingerprint density at radius 1 is 1.30 bits per heavy atom. The summed E-state index contributed by atoms with van der Waals surface area (Å²) < 4.78 is 5.27. The number of hydrogen-bond acceptors (Lipinski definition) is 6. The SMILES string of the molecule is CCC(C(=O)Nc1ccccc1OC)N1C=NC2C1C(=O)N(C)C(=O)N2C. The molecule has 3 unspecified atom stereocenters. The van der Waals surface area contributed by atoms with Crippen LogP contribution in [0.15, 0.2) is 29.3 Å². The molecule has 9 heteroatoms. The van der Waals surface area contributed by atoms with Gasteiger partial charge in [0.25, 0.3) is 5.91 Å². The van der Waals surface area contributed by atoms with E-state index in [0.717, 1.165) is 4.90 Å². The van der Waals surface area contributed by atoms with Gasteiger partial charge in [-0.05, 0) is 18.6 Å². The molecule has 4 amide bonds. The van der Waals surface area contributed by atoms with E-state index in [4.69, 9.17) is 4.74 Å². The van der Waals surface area contributed by atoms with Crippen molar-refractivity contribution in [2.75, 3.05) is 26.5 Å². The van der Waals surface area contributed by atoms with E-state index in [-0.39, 0.29) is 11.8 Å². The van der Waals surface area contributed by atoms with Crippen LogP contribution in [0.25, 0.3) is 0 Å². The number of amides is 4. The Morgan fingerprint density at radius 3 is 2.67 bits per heavy atom. The third-order valence-corrected chi connectivity index (χ3v) is 4.94. The van der Waals surface area contributed by atoms with Crippen LogP contribution >= 0.6 is 0 Å². The van der Waals surface area contributed by atoms with Gasteiger partial charge in [0.15, 0.2) is 12.2 Å². The lowest BCUT2D eigenvalue weighted by atomic mass is 10.1. The van der Waals surface area contributed by atoms with Gasteiger partial charge < -0.3 is 19.9 Å². The van der Waals surface area contributed by atoms with Crippen LogP contribution in [-0.2, 0) is 9.59 Å². The van der Waals surface area contributed by atoms with Crippen molar-refractivity contribution in [2.45, 2.75) is 31.6 Å². The fourth-order valence-electron chi connectivity index (χ4n) is 3.43. The molecule has 1 aromatic rings. The summed E-state index contributed by atoms with van der Waals surface area (Å²) in [7, 11) is 4.56. The Hall–Kier alpha value is -3.10. The number of nitrogens with one attached hydrogen (secondary N) is 1. The molecule has 0 saturated carbocycles. The smallest absolute Gasteiger partial charge is 0.328 e. The van der Waals surface area contributed by atoms with Crippen LogP contribution < -0.4 is 10.1 Å². The number of likely N-dealkylation sites (N-methyl/N-ethyl adjacent to an activating group) is 2. The molecule has 1 saturated heterocycles. The summed E-state index contributed by atoms with van der Waals surface area (Å²) >= 11 is 0. The van der Waals surface area contributed by atoms with Gasteiger partial charge in [-0.2, -0.15) is 0 Å². The van der Waals surface area contributed by atoms with E-state index < -0.39 is 24.3 Å². The minimum Gasteiger partial charge on any atom is -0.495 e. The maximum atomic E-state index is 12.9. The van der Waals surface area contributed by atoms with Crippen molar-refractivity contribution in [3.63, 3.8) is 0 Å². The zero-order valence-corrected chi connectivity index (χ0v) is 15.7. The Kier molecular flexibility index (Phi) is 5.02. The number of urea groups is 1. The second-order valence-electron chi connectivity index (χ2n) is 6.47. The number of ether oxygens (including phenoxy) is 1. The number of methoxy groups -OCH3 is 1. The predicted octanol–water partition coefficient (Wildman–Crippen LogP) is 0.975. The second-order valence-corrected chi connectivity index (χ2v) is 6.47. The van der Waals surface area contributed by atoms with Gasteiger partial charge in [0, 0.05) is 14.1 Å². The topological polar surface area (TPSA) is 94.5 Å². The number of para-hydroxylation sites is 2. The highest BCUT2D eigenvalue weighted by molar-refractivity contribution is 6.03. The lowest BCUT2D eigenvalue weighted by Gasteiger charge is -2.41. The molecule has 2 heterocycles. The normalized spacial score (nSPS) is 22.7. The average molecular weight is 373 g/mol. The molecule has 1 N–H and O–H groups in total. The van der Waals surface area contributed by atoms with Crippen LogP contribution in [0.2, 0.25) is 0 Å². The first-order valence-corrected chi connectivity index (χ1v) is 8.69. The van der Waals surface area contributed by atoms with E-state index in [1.807, 2.05) is 13.0 Å². The summed E-state index contributed by atoms with van der Waals surface area (Å²) in [5.74, 6) is -0.0966. The average Bonchev–Trinajstić information content (AvgIpc) is 3.10. The van der Waals surface area contributed by atoms with Gasteiger partial charge in [0.05, 0.1) is 19.1 Å². The number of nitrogens with zero attached hydrogens (tertiary/aromatic N) is 4. The number of fused-ring (bicyclic) bond motifs is 1. The first-order chi connectivity index (χ1) is 12.9. The summed E-state index contributed by atoms with van der Waals surface area (Å²) in [5, 5.41) is 2.86. The van der Waals surface area contributed by atoms with Crippen LogP contribution in [-0.4, -0.2) is 78.3 Å². The minimum atomic E-state index is -0.717. The molecule has 1 fully saturated rings. The Labute approximate surface area is 157 Å². The molecular formula is C18H23N5O4. The summed E-state index contributed by atoms with van der Waals surface area (Å²) in [5.41, 5.74) is 0.551. The van der Waals surface area contributed by atoms with Gasteiger partial charge in [-0.3, -0.25) is 14.5 Å². The predicted molar refractivity (Wildman–Crippen MR) is 99.5 cm³/mol. The molecule has 2 aliphatic rings. The van der Waals surface area contributed by atoms with Gasteiger partial charge in [0.1, 0.15) is 11.8 Å². The molecule has 3 atom stereocenters. The van der Waals surface area contributed by atoms with Crippen LogP contribution in [0.3, 0.4) is 0 Å². The number of imide groups is 1. The number of hydrogen-bond donors (Lipinski definition) is 1. The lowest BCUT2D eigenvalue weighted by molar-refractivity contribution is -0.137. The van der Waals surface area contributed by atoms with Gasteiger partial charge in [-0.15, -0.1) is 0 Å². The Balaban J connectivity index is 1.83. The van der Waals surface area contributed by atoms with E-state index in [9.17, 15) is 14.4 Å². The fourth-order valence-corrected chi connectivity index (χ4v) is 3.43. The largest absolute Gasteiger partial charge is 0.495 e. The van der Waals surface area contributed by atoms with Crippen molar-refractivity contribution in [1.82, 2.24) is 14.7 Å². The van der Waals surface area contributed by atoms with Crippen LogP contribution in [0.5, 0.6) is 5.75 Å². The summed E-state index contributed by atoms with van der Waals surface area (Å²) in [6.07, 6.45) is 1.33. The molecule has 1 aromatic carbocycles. The molecule has 0 aromatic heterocycles. The molecule has 27 heavy (non-hydrogen) atoms. The van der Waals surface area contributed by atoms with Crippen LogP contribution in [0, 0.1) is 0 Å². The number of benzene rings is 1. The molecular weight excluding hydrogens is 350 g/mol. The Bertz CT molecular complexity index is 796. The van der Waals surface area contributed by atoms with E-state index in [0.29, 0.717) is 17.9 Å². The van der Waals surface area contributed by atoms with Crippen molar-refractivity contribution in [1.29, 1.82) is 0 Å². The first-order valence-electron chi connectivity index (χ1n) is 8.69. The molecule has 0 radical (unpaired) electrons. The summed E-state index contributed by atoms with van der Waals surface area (Å²) in [6.45, 7) is 1.86. The number of anilines is 1. The highest BCUT2D eigenvalue weighted by Crippen LogP contribution is 2.28. The molecule has 2 aliphatic heterocycles.